The summed E-state index contributed by atoms with van der Waals surface area (Å²) in [5.41, 5.74) is 2.44. The van der Waals surface area contributed by atoms with Crippen molar-refractivity contribution >= 4 is 5.91 Å². The molecule has 1 aliphatic heterocycles. The van der Waals surface area contributed by atoms with E-state index in [2.05, 4.69) is 45.5 Å². The number of aromatic nitrogens is 1. The lowest BCUT2D eigenvalue weighted by molar-refractivity contribution is -0.123. The van der Waals surface area contributed by atoms with Gasteiger partial charge in [0.2, 0.25) is 5.91 Å². The molecule has 1 saturated heterocycles. The summed E-state index contributed by atoms with van der Waals surface area (Å²) in [6.07, 6.45) is 8.05. The number of hydrogen-bond donors (Lipinski definition) is 1. The van der Waals surface area contributed by atoms with Crippen LogP contribution in [0, 0.1) is 5.92 Å². The van der Waals surface area contributed by atoms with Gasteiger partial charge in [0, 0.05) is 37.4 Å². The zero-order valence-electron chi connectivity index (χ0n) is 17.4. The van der Waals surface area contributed by atoms with E-state index in [9.17, 15) is 4.79 Å². The van der Waals surface area contributed by atoms with Gasteiger partial charge in [-0.1, -0.05) is 18.2 Å². The third-order valence-electron chi connectivity index (χ3n) is 5.76. The summed E-state index contributed by atoms with van der Waals surface area (Å²) in [7, 11) is 0. The van der Waals surface area contributed by atoms with Gasteiger partial charge in [0.15, 0.2) is 0 Å². The second-order valence-corrected chi connectivity index (χ2v) is 8.52. The number of benzene rings is 1. The van der Waals surface area contributed by atoms with E-state index in [1.807, 2.05) is 32.3 Å². The van der Waals surface area contributed by atoms with Crippen molar-refractivity contribution in [3.8, 4) is 5.75 Å². The van der Waals surface area contributed by atoms with Crippen LogP contribution in [0.15, 0.2) is 48.8 Å². The van der Waals surface area contributed by atoms with Crippen molar-refractivity contribution in [2.75, 3.05) is 13.1 Å². The number of rotatable bonds is 7. The van der Waals surface area contributed by atoms with Crippen LogP contribution in [0.1, 0.15) is 56.7 Å². The second-order valence-electron chi connectivity index (χ2n) is 8.52. The van der Waals surface area contributed by atoms with Gasteiger partial charge >= 0.3 is 0 Å². The van der Waals surface area contributed by atoms with Gasteiger partial charge < -0.3 is 10.1 Å². The molecule has 0 radical (unpaired) electrons. The average molecular weight is 394 g/mol. The quantitative estimate of drug-likeness (QED) is 0.774. The van der Waals surface area contributed by atoms with Crippen LogP contribution in [0.4, 0.5) is 0 Å². The van der Waals surface area contributed by atoms with E-state index in [-0.39, 0.29) is 24.0 Å². The molecule has 0 spiro atoms. The van der Waals surface area contributed by atoms with E-state index in [1.165, 1.54) is 11.1 Å². The summed E-state index contributed by atoms with van der Waals surface area (Å²) in [4.78, 5) is 19.0. The number of likely N-dealkylation sites (tertiary alicyclic amines) is 1. The highest BCUT2D eigenvalue weighted by atomic mass is 16.5. The largest absolute Gasteiger partial charge is 0.491 e. The number of ether oxygens (including phenoxy) is 1. The van der Waals surface area contributed by atoms with E-state index >= 15 is 0 Å². The van der Waals surface area contributed by atoms with Crippen molar-refractivity contribution in [2.24, 2.45) is 5.92 Å². The molecule has 1 N–H and O–H groups in total. The topological polar surface area (TPSA) is 54.5 Å². The minimum atomic E-state index is 0.164. The van der Waals surface area contributed by atoms with Crippen LogP contribution >= 0.6 is 0 Å². The smallest absolute Gasteiger partial charge is 0.223 e. The first kappa shape index (κ1) is 19.9. The highest BCUT2D eigenvalue weighted by Crippen LogP contribution is 2.33. The summed E-state index contributed by atoms with van der Waals surface area (Å²) in [5, 5.41) is 3.25. The number of hydrogen-bond acceptors (Lipinski definition) is 4. The third kappa shape index (κ3) is 5.15. The molecule has 4 rings (SSSR count). The summed E-state index contributed by atoms with van der Waals surface area (Å²) in [6, 6.07) is 13.1. The Kier molecular flexibility index (Phi) is 6.14. The molecule has 5 nitrogen and oxygen atoms in total. The number of nitrogens with zero attached hydrogens (tertiary/aromatic N) is 2. The molecule has 154 valence electrons. The Balaban J connectivity index is 1.47. The number of nitrogens with one attached hydrogen (secondary N) is 1. The van der Waals surface area contributed by atoms with E-state index in [0.717, 1.165) is 44.5 Å². The second kappa shape index (κ2) is 8.95. The molecular formula is C24H31N3O2. The van der Waals surface area contributed by atoms with Gasteiger partial charge in [-0.05, 0) is 68.9 Å². The molecule has 1 atom stereocenters. The van der Waals surface area contributed by atoms with Crippen LogP contribution in [-0.4, -0.2) is 41.0 Å². The van der Waals surface area contributed by atoms with E-state index in [4.69, 9.17) is 4.74 Å². The van der Waals surface area contributed by atoms with E-state index in [1.54, 1.807) is 0 Å². The van der Waals surface area contributed by atoms with Gasteiger partial charge in [-0.15, -0.1) is 0 Å². The van der Waals surface area contributed by atoms with Crippen LogP contribution in [0.2, 0.25) is 0 Å². The molecule has 1 aromatic heterocycles. The van der Waals surface area contributed by atoms with Crippen LogP contribution in [-0.2, 0) is 4.79 Å². The molecule has 1 amide bonds. The van der Waals surface area contributed by atoms with Crippen molar-refractivity contribution < 1.29 is 9.53 Å². The maximum atomic E-state index is 12.1. The summed E-state index contributed by atoms with van der Waals surface area (Å²) in [6.45, 7) is 6.00. The van der Waals surface area contributed by atoms with E-state index in [0.29, 0.717) is 6.04 Å². The normalized spacial score (nSPS) is 19.1. The lowest BCUT2D eigenvalue weighted by atomic mass is 9.94. The van der Waals surface area contributed by atoms with Gasteiger partial charge in [-0.2, -0.15) is 0 Å². The lowest BCUT2D eigenvalue weighted by Gasteiger charge is -2.38. The average Bonchev–Trinajstić information content (AvgIpc) is 3.57. The summed E-state index contributed by atoms with van der Waals surface area (Å²) < 4.78 is 5.81. The Morgan fingerprint density at radius 1 is 1.07 bits per heavy atom. The maximum absolute atomic E-state index is 12.1. The monoisotopic (exact) mass is 393 g/mol. The number of carbonyl (C=O) groups excluding carboxylic acids is 1. The van der Waals surface area contributed by atoms with Gasteiger partial charge in [0.05, 0.1) is 12.1 Å². The summed E-state index contributed by atoms with van der Waals surface area (Å²) in [5.74, 6) is 1.44. The van der Waals surface area contributed by atoms with Crippen molar-refractivity contribution in [1.29, 1.82) is 0 Å². The van der Waals surface area contributed by atoms with Crippen LogP contribution in [0.25, 0.3) is 0 Å². The number of piperidine rings is 1. The molecule has 2 aliphatic rings. The van der Waals surface area contributed by atoms with Crippen molar-refractivity contribution in [3.05, 3.63) is 59.9 Å². The molecule has 1 unspecified atom stereocenters. The fraction of sp³-hybridized carbons (Fsp3) is 0.500. The molecule has 2 heterocycles. The van der Waals surface area contributed by atoms with Crippen molar-refractivity contribution in [2.45, 2.75) is 57.7 Å². The highest BCUT2D eigenvalue weighted by molar-refractivity contribution is 5.81. The zero-order chi connectivity index (χ0) is 20.2. The third-order valence-corrected chi connectivity index (χ3v) is 5.76. The predicted octanol–water partition coefficient (Wildman–Crippen LogP) is 3.95. The fourth-order valence-corrected chi connectivity index (χ4v) is 4.12. The predicted molar refractivity (Wildman–Crippen MR) is 114 cm³/mol. The van der Waals surface area contributed by atoms with Crippen LogP contribution < -0.4 is 10.1 Å². The first-order chi connectivity index (χ1) is 14.1. The van der Waals surface area contributed by atoms with Crippen LogP contribution in [0.3, 0.4) is 0 Å². The molecule has 29 heavy (non-hydrogen) atoms. The number of pyridine rings is 1. The molecule has 2 aromatic rings. The number of carbonyl (C=O) groups is 1. The maximum Gasteiger partial charge on any atom is 0.223 e. The Morgan fingerprint density at radius 3 is 2.38 bits per heavy atom. The number of amides is 1. The van der Waals surface area contributed by atoms with Crippen molar-refractivity contribution in [3.63, 3.8) is 0 Å². The molecular weight excluding hydrogens is 362 g/mol. The Bertz CT molecular complexity index is 795. The minimum Gasteiger partial charge on any atom is -0.491 e. The first-order valence-corrected chi connectivity index (χ1v) is 10.8. The molecule has 5 heteroatoms. The van der Waals surface area contributed by atoms with Gasteiger partial charge in [0.25, 0.3) is 0 Å². The molecule has 0 bridgehead atoms. The zero-order valence-corrected chi connectivity index (χ0v) is 17.4. The Hall–Kier alpha value is -2.40. The molecule has 1 aliphatic carbocycles. The summed E-state index contributed by atoms with van der Waals surface area (Å²) >= 11 is 0. The standard InChI is InChI=1S/C24H31N3O2/c1-17(2)29-22-9-7-18(8-10-22)23(20-4-3-13-25-16-20)27-14-11-21(12-15-27)26-24(28)19-5-6-19/h3-4,7-10,13,16-17,19,21,23H,5-6,11-12,14-15H2,1-2H3,(H,26,28). The van der Waals surface area contributed by atoms with Gasteiger partial charge in [-0.25, -0.2) is 0 Å². The molecule has 1 aromatic carbocycles. The Labute approximate surface area is 173 Å². The lowest BCUT2D eigenvalue weighted by Crippen LogP contribution is -2.46. The van der Waals surface area contributed by atoms with Crippen LogP contribution in [0.5, 0.6) is 5.75 Å². The van der Waals surface area contributed by atoms with E-state index < -0.39 is 0 Å². The molecule has 1 saturated carbocycles. The van der Waals surface area contributed by atoms with Crippen molar-refractivity contribution in [1.82, 2.24) is 15.2 Å². The minimum absolute atomic E-state index is 0.164. The SMILES string of the molecule is CC(C)Oc1ccc(C(c2cccnc2)N2CCC(NC(=O)C3CC3)CC2)cc1. The molecule has 2 fully saturated rings. The fourth-order valence-electron chi connectivity index (χ4n) is 4.12. The van der Waals surface area contributed by atoms with Gasteiger partial charge in [0.1, 0.15) is 5.75 Å². The van der Waals surface area contributed by atoms with Gasteiger partial charge in [-0.3, -0.25) is 14.7 Å². The highest BCUT2D eigenvalue weighted by Gasteiger charge is 2.33. The first-order valence-electron chi connectivity index (χ1n) is 10.8. The Morgan fingerprint density at radius 2 is 1.79 bits per heavy atom.